The van der Waals surface area contributed by atoms with E-state index in [1.54, 1.807) is 4.90 Å². The van der Waals surface area contributed by atoms with E-state index in [0.29, 0.717) is 45.1 Å². The van der Waals surface area contributed by atoms with E-state index < -0.39 is 6.29 Å². The minimum Gasteiger partial charge on any atom is -1.00 e. The van der Waals surface area contributed by atoms with Crippen molar-refractivity contribution in [1.29, 1.82) is 0 Å². The van der Waals surface area contributed by atoms with Crippen LogP contribution in [0.2, 0.25) is 0 Å². The number of hydrogen-bond donors (Lipinski definition) is 3. The summed E-state index contributed by atoms with van der Waals surface area (Å²) in [5, 5.41) is 35.8. The molecule has 9 aromatic rings. The molecule has 9 aromatic carbocycles. The molecule has 12 rings (SSSR count). The first-order valence-electron chi connectivity index (χ1n) is 27.1. The van der Waals surface area contributed by atoms with Crippen LogP contribution in [0, 0.1) is 0 Å². The van der Waals surface area contributed by atoms with Gasteiger partial charge in [-0.05, 0) is 113 Å². The molecule has 0 radical (unpaired) electrons. The van der Waals surface area contributed by atoms with Gasteiger partial charge < -0.3 is 45.5 Å². The van der Waals surface area contributed by atoms with Gasteiger partial charge in [0.2, 0.25) is 0 Å². The molecular weight excluding hydrogens is 1020 g/mol. The van der Waals surface area contributed by atoms with Gasteiger partial charge in [-0.25, -0.2) is 4.79 Å². The number of benzene rings is 9. The Kier molecular flexibility index (Phi) is 21.2. The topological polar surface area (TPSA) is 138 Å². The fourth-order valence-corrected chi connectivity index (χ4v) is 11.6. The summed E-state index contributed by atoms with van der Waals surface area (Å²) in [6.45, 7) is 4.19. The molecule has 0 aromatic heterocycles. The second-order valence-corrected chi connectivity index (χ2v) is 20.7. The number of amides is 1. The number of rotatable bonds is 11. The Balaban J connectivity index is 0.000000175. The predicted octanol–water partition coefficient (Wildman–Crippen LogP) is 8.35. The van der Waals surface area contributed by atoms with E-state index in [1.807, 2.05) is 54.6 Å². The van der Waals surface area contributed by atoms with Gasteiger partial charge >= 0.3 is 30.9 Å². The van der Waals surface area contributed by atoms with Crippen molar-refractivity contribution in [2.75, 3.05) is 47.6 Å². The van der Waals surface area contributed by atoms with Gasteiger partial charge in [-0.3, -0.25) is 4.79 Å². The molecule has 0 bridgehead atoms. The van der Waals surface area contributed by atoms with Crippen LogP contribution in [0.5, 0.6) is 0 Å². The van der Waals surface area contributed by atoms with Crippen LogP contribution in [-0.2, 0) is 56.7 Å². The third-order valence-corrected chi connectivity index (χ3v) is 15.6. The molecule has 0 aliphatic carbocycles. The van der Waals surface area contributed by atoms with Crippen molar-refractivity contribution >= 4 is 61.7 Å². The second-order valence-electron chi connectivity index (χ2n) is 20.7. The Morgan fingerprint density at radius 1 is 0.556 bits per heavy atom. The van der Waals surface area contributed by atoms with Crippen molar-refractivity contribution < 1.29 is 64.1 Å². The quantitative estimate of drug-likeness (QED) is 0.0857. The second kappa shape index (κ2) is 28.4. The molecule has 0 saturated carbocycles. The SMILES string of the molecule is CN1Cc2cc(CO)ccc2[C@H](c2ccc3ccccc3c2)C1.COC(=O)CCC(c1ccc2ccccc2c1)c1ccc(CO)cc1C1OCCO1.COC(=O)N1Cc2cc(CO)ccc2[C@H](c2ccc3ccccc3c2)C1.[AlH3].[H-].[Li+]. The molecule has 11 nitrogen and oxygen atoms in total. The van der Waals surface area contributed by atoms with E-state index in [-0.39, 0.29) is 81.4 Å². The Labute approximate surface area is 498 Å². The molecule has 3 N–H and O–H groups in total. The minimum atomic E-state index is -0.465. The normalized spacial score (nSPS) is 16.1. The summed E-state index contributed by atoms with van der Waals surface area (Å²) < 4.78 is 21.4. The molecule has 1 saturated heterocycles. The zero-order valence-electron chi connectivity index (χ0n) is 47.1. The van der Waals surface area contributed by atoms with E-state index >= 15 is 0 Å². The Bertz CT molecular complexity index is 3620. The average Bonchev–Trinajstić information content (AvgIpc) is 3.74. The molecule has 0 spiro atoms. The summed E-state index contributed by atoms with van der Waals surface area (Å²) in [5.74, 6) is 0.197. The van der Waals surface area contributed by atoms with Crippen LogP contribution in [0.3, 0.4) is 0 Å². The molecular formula is C68H72AlLiN2O9. The summed E-state index contributed by atoms with van der Waals surface area (Å²) in [7, 11) is 4.99. The third-order valence-electron chi connectivity index (χ3n) is 15.6. The van der Waals surface area contributed by atoms with Gasteiger partial charge in [0.15, 0.2) is 23.7 Å². The number of carbonyl (C=O) groups excluding carboxylic acids is 2. The van der Waals surface area contributed by atoms with Crippen LogP contribution < -0.4 is 18.9 Å². The first kappa shape index (κ1) is 60.5. The molecule has 3 heterocycles. The number of aliphatic hydroxyl groups excluding tert-OH is 3. The number of ether oxygens (including phenoxy) is 4. The minimum absolute atomic E-state index is 0. The van der Waals surface area contributed by atoms with Crippen LogP contribution in [0.15, 0.2) is 182 Å². The number of nitrogens with zero attached hydrogens (tertiary/aromatic N) is 2. The van der Waals surface area contributed by atoms with Crippen molar-refractivity contribution in [1.82, 2.24) is 9.80 Å². The van der Waals surface area contributed by atoms with Gasteiger partial charge in [-0.2, -0.15) is 0 Å². The largest absolute Gasteiger partial charge is 1.00 e. The molecule has 1 unspecified atom stereocenters. The van der Waals surface area contributed by atoms with Gasteiger partial charge in [0.25, 0.3) is 0 Å². The zero-order chi connectivity index (χ0) is 54.8. The van der Waals surface area contributed by atoms with E-state index in [4.69, 9.17) is 18.9 Å². The number of hydrogen-bond acceptors (Lipinski definition) is 10. The molecule has 3 aliphatic rings. The summed E-state index contributed by atoms with van der Waals surface area (Å²) in [6.07, 6.45) is 0.119. The first-order chi connectivity index (χ1) is 38.6. The van der Waals surface area contributed by atoms with Gasteiger partial charge in [0.1, 0.15) is 0 Å². The number of fused-ring (bicyclic) bond motifs is 5. The number of esters is 1. The van der Waals surface area contributed by atoms with E-state index in [9.17, 15) is 24.9 Å². The van der Waals surface area contributed by atoms with Crippen LogP contribution in [0.25, 0.3) is 32.3 Å². The van der Waals surface area contributed by atoms with Gasteiger partial charge in [-0.15, -0.1) is 0 Å². The maximum Gasteiger partial charge on any atom is 1.00 e. The Morgan fingerprint density at radius 3 is 1.57 bits per heavy atom. The number of methoxy groups -OCH3 is 2. The van der Waals surface area contributed by atoms with E-state index in [0.717, 1.165) is 57.4 Å². The van der Waals surface area contributed by atoms with Crippen LogP contribution in [0.1, 0.15) is 105 Å². The molecule has 13 heteroatoms. The average molecular weight is 1100 g/mol. The predicted molar refractivity (Wildman–Crippen MR) is 321 cm³/mol. The molecule has 412 valence electrons. The van der Waals surface area contributed by atoms with Crippen molar-refractivity contribution in [3.63, 3.8) is 0 Å². The van der Waals surface area contributed by atoms with Crippen molar-refractivity contribution in [3.8, 4) is 0 Å². The molecule has 81 heavy (non-hydrogen) atoms. The van der Waals surface area contributed by atoms with Crippen molar-refractivity contribution in [2.45, 2.75) is 69.8 Å². The third kappa shape index (κ3) is 14.2. The maximum atomic E-state index is 12.2. The zero-order valence-corrected chi connectivity index (χ0v) is 46.1. The van der Waals surface area contributed by atoms with Crippen LogP contribution >= 0.6 is 0 Å². The number of aliphatic hydroxyl groups is 3. The van der Waals surface area contributed by atoms with Crippen LogP contribution in [-0.4, -0.2) is 102 Å². The summed E-state index contributed by atoms with van der Waals surface area (Å²) in [5.41, 5.74) is 13.3. The first-order valence-corrected chi connectivity index (χ1v) is 27.1. The summed E-state index contributed by atoms with van der Waals surface area (Å²) in [6, 6.07) is 63.0. The van der Waals surface area contributed by atoms with Gasteiger partial charge in [-0.1, -0.05) is 176 Å². The summed E-state index contributed by atoms with van der Waals surface area (Å²) in [4.78, 5) is 28.2. The monoisotopic (exact) mass is 1090 g/mol. The fourth-order valence-electron chi connectivity index (χ4n) is 11.6. The molecule has 1 fully saturated rings. The van der Waals surface area contributed by atoms with Crippen LogP contribution in [0.4, 0.5) is 4.79 Å². The molecule has 3 atom stereocenters. The Hall–Kier alpha value is -6.61. The van der Waals surface area contributed by atoms with E-state index in [1.165, 1.54) is 69.0 Å². The van der Waals surface area contributed by atoms with E-state index in [2.05, 4.69) is 139 Å². The van der Waals surface area contributed by atoms with Gasteiger partial charge in [0, 0.05) is 55.9 Å². The number of likely N-dealkylation sites (N-methyl/N-ethyl adjacent to an activating group) is 1. The molecule has 3 aliphatic heterocycles. The fraction of sp³-hybridized carbons (Fsp3) is 0.265. The molecule has 1 amide bonds. The Morgan fingerprint density at radius 2 is 1.04 bits per heavy atom. The standard InChI is InChI=1S/C25H26O5.C22H21NO3.C21H21NO.Al.Li.4H/c1-28-24(27)11-10-21(20-8-7-18-4-2-3-5-19(18)15-20)22-9-6-17(16-26)14-23(22)25-29-12-13-30-25;1-26-22(25)23-12-19-10-15(14-24)6-9-20(19)21(13-23)18-8-7-16-4-2-3-5-17(16)11-18;1-22-12-19-10-15(14-23)6-9-20(19)21(13-22)18-8-7-16-4-2-3-5-17(16)11-18;;;;;;/h2-9,14-15,21,25-26H,10-13,16H2,1H3;2-11,21,24H,12-14H2,1H3;2-11,21,23H,12-14H2,1H3;;;;;;/q;;;;+1;;;;-1/t;2*21-;;;;;;/m.00....../s1. The van der Waals surface area contributed by atoms with Crippen molar-refractivity contribution in [3.05, 3.63) is 249 Å². The smallest absolute Gasteiger partial charge is 1.00 e. The number of carbonyl (C=O) groups is 2. The van der Waals surface area contributed by atoms with Crippen molar-refractivity contribution in [2.24, 2.45) is 0 Å². The summed E-state index contributed by atoms with van der Waals surface area (Å²) >= 11 is 0. The maximum absolute atomic E-state index is 12.2. The van der Waals surface area contributed by atoms with Gasteiger partial charge in [0.05, 0.1) is 47.3 Å².